The van der Waals surface area contributed by atoms with Crippen molar-refractivity contribution in [2.45, 2.75) is 57.8 Å². The van der Waals surface area contributed by atoms with E-state index in [1.165, 1.54) is 17.5 Å². The molecule has 0 unspecified atom stereocenters. The average Bonchev–Trinajstić information content (AvgIpc) is 2.72. The maximum absolute atomic E-state index is 6.00. The Kier molecular flexibility index (Phi) is 4.19. The number of hydrogen-bond donors (Lipinski definition) is 1. The molecule has 0 saturated heterocycles. The molecule has 0 spiro atoms. The third kappa shape index (κ3) is 3.30. The molecule has 0 radical (unpaired) electrons. The second-order valence-corrected chi connectivity index (χ2v) is 5.34. The SMILES string of the molecule is CC(C)c1cccc(CO[C@H]2CCC[C@@H]2N)c1. The number of rotatable bonds is 4. The summed E-state index contributed by atoms with van der Waals surface area (Å²) in [7, 11) is 0. The molecule has 1 aromatic rings. The van der Waals surface area contributed by atoms with E-state index in [-0.39, 0.29) is 12.1 Å². The number of benzene rings is 1. The van der Waals surface area contributed by atoms with Crippen LogP contribution in [0.3, 0.4) is 0 Å². The summed E-state index contributed by atoms with van der Waals surface area (Å²) in [5, 5.41) is 0. The summed E-state index contributed by atoms with van der Waals surface area (Å²) < 4.78 is 5.91. The maximum Gasteiger partial charge on any atom is 0.0730 e. The van der Waals surface area contributed by atoms with Gasteiger partial charge in [0.1, 0.15) is 0 Å². The Morgan fingerprint density at radius 3 is 2.82 bits per heavy atom. The fraction of sp³-hybridized carbons (Fsp3) is 0.600. The van der Waals surface area contributed by atoms with E-state index < -0.39 is 0 Å². The van der Waals surface area contributed by atoms with Gasteiger partial charge >= 0.3 is 0 Å². The average molecular weight is 233 g/mol. The third-order valence-corrected chi connectivity index (χ3v) is 3.59. The van der Waals surface area contributed by atoms with Crippen molar-refractivity contribution in [3.8, 4) is 0 Å². The van der Waals surface area contributed by atoms with E-state index in [0.717, 1.165) is 12.8 Å². The highest BCUT2D eigenvalue weighted by molar-refractivity contribution is 5.25. The summed E-state index contributed by atoms with van der Waals surface area (Å²) in [4.78, 5) is 0. The largest absolute Gasteiger partial charge is 0.372 e. The Hall–Kier alpha value is -0.860. The van der Waals surface area contributed by atoms with Crippen LogP contribution in [-0.2, 0) is 11.3 Å². The first-order valence-electron chi connectivity index (χ1n) is 6.63. The van der Waals surface area contributed by atoms with E-state index >= 15 is 0 Å². The monoisotopic (exact) mass is 233 g/mol. The summed E-state index contributed by atoms with van der Waals surface area (Å²) in [6.45, 7) is 5.12. The fourth-order valence-electron chi connectivity index (χ4n) is 2.41. The van der Waals surface area contributed by atoms with Gasteiger partial charge < -0.3 is 10.5 Å². The van der Waals surface area contributed by atoms with Gasteiger partial charge in [0.15, 0.2) is 0 Å². The lowest BCUT2D eigenvalue weighted by Crippen LogP contribution is -2.31. The van der Waals surface area contributed by atoms with E-state index in [9.17, 15) is 0 Å². The molecule has 1 fully saturated rings. The first-order valence-corrected chi connectivity index (χ1v) is 6.63. The summed E-state index contributed by atoms with van der Waals surface area (Å²) in [6.07, 6.45) is 3.69. The molecule has 2 nitrogen and oxygen atoms in total. The highest BCUT2D eigenvalue weighted by atomic mass is 16.5. The van der Waals surface area contributed by atoms with Crippen molar-refractivity contribution < 1.29 is 4.74 Å². The molecule has 0 bridgehead atoms. The summed E-state index contributed by atoms with van der Waals surface area (Å²) in [6, 6.07) is 8.90. The van der Waals surface area contributed by atoms with Gasteiger partial charge in [0.05, 0.1) is 12.7 Å². The molecule has 0 aliphatic heterocycles. The van der Waals surface area contributed by atoms with Gasteiger partial charge in [-0.3, -0.25) is 0 Å². The predicted octanol–water partition coefficient (Wildman–Crippen LogP) is 3.21. The molecule has 1 aromatic carbocycles. The van der Waals surface area contributed by atoms with E-state index in [0.29, 0.717) is 12.5 Å². The molecule has 0 amide bonds. The van der Waals surface area contributed by atoms with Gasteiger partial charge in [-0.05, 0) is 36.3 Å². The predicted molar refractivity (Wildman–Crippen MR) is 70.9 cm³/mol. The molecular formula is C15H23NO. The van der Waals surface area contributed by atoms with Crippen molar-refractivity contribution in [3.05, 3.63) is 35.4 Å². The van der Waals surface area contributed by atoms with E-state index in [1.807, 2.05) is 0 Å². The van der Waals surface area contributed by atoms with Gasteiger partial charge in [0.2, 0.25) is 0 Å². The van der Waals surface area contributed by atoms with Crippen LogP contribution in [0.2, 0.25) is 0 Å². The first-order chi connectivity index (χ1) is 8.16. The van der Waals surface area contributed by atoms with Crippen LogP contribution in [0.25, 0.3) is 0 Å². The van der Waals surface area contributed by atoms with Crippen LogP contribution in [0.15, 0.2) is 24.3 Å². The zero-order chi connectivity index (χ0) is 12.3. The lowest BCUT2D eigenvalue weighted by atomic mass is 10.0. The van der Waals surface area contributed by atoms with Gasteiger partial charge in [-0.25, -0.2) is 0 Å². The minimum atomic E-state index is 0.239. The van der Waals surface area contributed by atoms with Crippen molar-refractivity contribution in [1.82, 2.24) is 0 Å². The van der Waals surface area contributed by atoms with Crippen molar-refractivity contribution in [2.75, 3.05) is 0 Å². The van der Waals surface area contributed by atoms with Crippen LogP contribution in [0.5, 0.6) is 0 Å². The molecular weight excluding hydrogens is 210 g/mol. The van der Waals surface area contributed by atoms with Gasteiger partial charge in [-0.15, -0.1) is 0 Å². The van der Waals surface area contributed by atoms with Crippen LogP contribution >= 0.6 is 0 Å². The highest BCUT2D eigenvalue weighted by Gasteiger charge is 2.24. The van der Waals surface area contributed by atoms with Crippen LogP contribution in [0.1, 0.15) is 50.2 Å². The van der Waals surface area contributed by atoms with Crippen LogP contribution < -0.4 is 5.73 Å². The second-order valence-electron chi connectivity index (χ2n) is 5.34. The first kappa shape index (κ1) is 12.6. The molecule has 94 valence electrons. The topological polar surface area (TPSA) is 35.2 Å². The number of hydrogen-bond acceptors (Lipinski definition) is 2. The molecule has 2 N–H and O–H groups in total. The summed E-state index contributed by atoms with van der Waals surface area (Å²) in [5.41, 5.74) is 8.63. The Bertz CT molecular complexity index is 362. The molecule has 17 heavy (non-hydrogen) atoms. The lowest BCUT2D eigenvalue weighted by molar-refractivity contribution is 0.0357. The van der Waals surface area contributed by atoms with Crippen molar-refractivity contribution in [2.24, 2.45) is 5.73 Å². The van der Waals surface area contributed by atoms with Gasteiger partial charge in [0, 0.05) is 6.04 Å². The van der Waals surface area contributed by atoms with Gasteiger partial charge in [0.25, 0.3) is 0 Å². The number of nitrogens with two attached hydrogens (primary N) is 1. The normalized spacial score (nSPS) is 24.5. The van der Waals surface area contributed by atoms with Crippen LogP contribution in [0.4, 0.5) is 0 Å². The van der Waals surface area contributed by atoms with Crippen molar-refractivity contribution >= 4 is 0 Å². The maximum atomic E-state index is 6.00. The second kappa shape index (κ2) is 5.65. The van der Waals surface area contributed by atoms with E-state index in [1.54, 1.807) is 0 Å². The Morgan fingerprint density at radius 2 is 2.18 bits per heavy atom. The molecule has 2 rings (SSSR count). The van der Waals surface area contributed by atoms with Crippen LogP contribution in [0, 0.1) is 0 Å². The highest BCUT2D eigenvalue weighted by Crippen LogP contribution is 2.22. The molecule has 2 heteroatoms. The Labute approximate surface area is 104 Å². The number of ether oxygens (including phenoxy) is 1. The summed E-state index contributed by atoms with van der Waals surface area (Å²) in [5.74, 6) is 0.573. The lowest BCUT2D eigenvalue weighted by Gasteiger charge is -2.17. The molecule has 1 aliphatic rings. The molecule has 0 aromatic heterocycles. The van der Waals surface area contributed by atoms with E-state index in [2.05, 4.69) is 38.1 Å². The van der Waals surface area contributed by atoms with Gasteiger partial charge in [-0.1, -0.05) is 38.1 Å². The quantitative estimate of drug-likeness (QED) is 0.866. The third-order valence-electron chi connectivity index (χ3n) is 3.59. The Morgan fingerprint density at radius 1 is 1.35 bits per heavy atom. The van der Waals surface area contributed by atoms with Crippen molar-refractivity contribution in [1.29, 1.82) is 0 Å². The molecule has 1 saturated carbocycles. The molecule has 1 aliphatic carbocycles. The van der Waals surface area contributed by atoms with Gasteiger partial charge in [-0.2, -0.15) is 0 Å². The molecule has 0 heterocycles. The zero-order valence-corrected chi connectivity index (χ0v) is 10.9. The summed E-state index contributed by atoms with van der Waals surface area (Å²) >= 11 is 0. The van der Waals surface area contributed by atoms with Crippen molar-refractivity contribution in [3.63, 3.8) is 0 Å². The fourth-order valence-corrected chi connectivity index (χ4v) is 2.41. The minimum Gasteiger partial charge on any atom is -0.372 e. The standard InChI is InChI=1S/C15H23NO/c1-11(2)13-6-3-5-12(9-13)10-17-15-8-4-7-14(15)16/h3,5-6,9,11,14-15H,4,7-8,10,16H2,1-2H3/t14-,15-/m0/s1. The molecule has 2 atom stereocenters. The minimum absolute atomic E-state index is 0.239. The zero-order valence-electron chi connectivity index (χ0n) is 10.9. The van der Waals surface area contributed by atoms with E-state index in [4.69, 9.17) is 10.5 Å². The smallest absolute Gasteiger partial charge is 0.0730 e. The Balaban J connectivity index is 1.92. The van der Waals surface area contributed by atoms with Crippen LogP contribution in [-0.4, -0.2) is 12.1 Å².